The molecule has 8 nitrogen and oxygen atoms in total. The largest absolute Gasteiger partial charge is 0.454 e. The summed E-state index contributed by atoms with van der Waals surface area (Å²) in [5.41, 5.74) is 0.0140. The van der Waals surface area contributed by atoms with Crippen molar-refractivity contribution in [2.75, 3.05) is 12.1 Å². The molecule has 0 unspecified atom stereocenters. The molecule has 0 saturated carbocycles. The molecule has 4 rings (SSSR count). The van der Waals surface area contributed by atoms with Gasteiger partial charge in [0.05, 0.1) is 16.6 Å². The number of rotatable bonds is 4. The number of nitrogens with one attached hydrogen (secondary N) is 1. The number of nitro groups is 1. The van der Waals surface area contributed by atoms with Gasteiger partial charge in [-0.15, -0.1) is 0 Å². The van der Waals surface area contributed by atoms with Gasteiger partial charge < -0.3 is 14.8 Å². The Morgan fingerprint density at radius 3 is 2.55 bits per heavy atom. The number of nitro benzene ring substituents is 1. The lowest BCUT2D eigenvalue weighted by molar-refractivity contribution is -0.385. The van der Waals surface area contributed by atoms with Crippen molar-refractivity contribution in [2.45, 2.75) is 0 Å². The zero-order valence-corrected chi connectivity index (χ0v) is 14.9. The van der Waals surface area contributed by atoms with E-state index < -0.39 is 10.8 Å². The second-order valence-electron chi connectivity index (χ2n) is 6.21. The topological polar surface area (TPSA) is 114 Å². The van der Waals surface area contributed by atoms with E-state index in [0.29, 0.717) is 11.4 Å². The van der Waals surface area contributed by atoms with Gasteiger partial charge in [0, 0.05) is 5.69 Å². The molecule has 0 saturated heterocycles. The summed E-state index contributed by atoms with van der Waals surface area (Å²) in [6.07, 6.45) is 1.16. The van der Waals surface area contributed by atoms with Crippen molar-refractivity contribution in [1.82, 2.24) is 0 Å². The van der Waals surface area contributed by atoms with Crippen molar-refractivity contribution < 1.29 is 19.2 Å². The van der Waals surface area contributed by atoms with Crippen LogP contribution in [0.1, 0.15) is 5.56 Å². The molecule has 1 aliphatic heterocycles. The Morgan fingerprint density at radius 1 is 1.10 bits per heavy atom. The molecule has 8 heteroatoms. The first-order valence-corrected chi connectivity index (χ1v) is 8.55. The van der Waals surface area contributed by atoms with E-state index in [1.165, 1.54) is 12.1 Å². The van der Waals surface area contributed by atoms with Crippen molar-refractivity contribution >= 4 is 34.1 Å². The lowest BCUT2D eigenvalue weighted by Gasteiger charge is -2.06. The summed E-state index contributed by atoms with van der Waals surface area (Å²) in [6, 6.07) is 17.4. The molecule has 1 aliphatic rings. The number of nitriles is 1. The average Bonchev–Trinajstić information content (AvgIpc) is 3.18. The molecule has 1 N–H and O–H groups in total. The van der Waals surface area contributed by atoms with E-state index in [1.807, 2.05) is 30.3 Å². The van der Waals surface area contributed by atoms with E-state index in [9.17, 15) is 20.2 Å². The van der Waals surface area contributed by atoms with Gasteiger partial charge in [0.25, 0.3) is 11.6 Å². The first-order valence-electron chi connectivity index (χ1n) is 8.55. The Labute approximate surface area is 164 Å². The number of carbonyl (C=O) groups excluding carboxylic acids is 1. The van der Waals surface area contributed by atoms with Crippen molar-refractivity contribution in [3.63, 3.8) is 0 Å². The quantitative estimate of drug-likeness (QED) is 0.313. The second-order valence-corrected chi connectivity index (χ2v) is 6.21. The third-order valence-electron chi connectivity index (χ3n) is 4.39. The van der Waals surface area contributed by atoms with E-state index in [4.69, 9.17) is 9.47 Å². The van der Waals surface area contributed by atoms with Crippen LogP contribution in [0.2, 0.25) is 0 Å². The number of nitrogens with zero attached hydrogens (tertiary/aromatic N) is 2. The number of carbonyl (C=O) groups is 1. The molecule has 3 aromatic carbocycles. The third kappa shape index (κ3) is 3.57. The summed E-state index contributed by atoms with van der Waals surface area (Å²) in [5.74, 6) is -0.114. The predicted molar refractivity (Wildman–Crippen MR) is 105 cm³/mol. The highest BCUT2D eigenvalue weighted by molar-refractivity contribution is 6.10. The third-order valence-corrected chi connectivity index (χ3v) is 4.39. The summed E-state index contributed by atoms with van der Waals surface area (Å²) in [4.78, 5) is 23.3. The first-order chi connectivity index (χ1) is 14.0. The van der Waals surface area contributed by atoms with Crippen LogP contribution >= 0.6 is 0 Å². The molecule has 0 aliphatic carbocycles. The molecule has 0 aromatic heterocycles. The molecule has 0 bridgehead atoms. The van der Waals surface area contributed by atoms with Crippen LogP contribution in [0.4, 0.5) is 11.4 Å². The number of fused-ring (bicyclic) bond motifs is 2. The van der Waals surface area contributed by atoms with Crippen LogP contribution in [0.25, 0.3) is 16.8 Å². The van der Waals surface area contributed by atoms with E-state index in [-0.39, 0.29) is 29.4 Å². The standard InChI is InChI=1S/C21H13N3O5/c22-11-16(7-15-9-19-20(29-12-28-19)10-18(15)24(26)27)21(25)23-17-6-5-13-3-1-2-4-14(13)8-17/h1-10H,12H2,(H,23,25)/b16-7+. The summed E-state index contributed by atoms with van der Waals surface area (Å²) in [7, 11) is 0. The molecular formula is C21H13N3O5. The van der Waals surface area contributed by atoms with Crippen LogP contribution < -0.4 is 14.8 Å². The molecule has 3 aromatic rings. The number of amides is 1. The SMILES string of the molecule is N#C/C(=C\c1cc2c(cc1[N+](=O)[O-])OCO2)C(=O)Nc1ccc2ccccc2c1. The lowest BCUT2D eigenvalue weighted by atomic mass is 10.1. The normalized spacial score (nSPS) is 12.4. The molecule has 0 spiro atoms. The van der Waals surface area contributed by atoms with Crippen molar-refractivity contribution in [2.24, 2.45) is 0 Å². The van der Waals surface area contributed by atoms with Gasteiger partial charge in [-0.2, -0.15) is 5.26 Å². The Kier molecular flexibility index (Phi) is 4.55. The number of benzene rings is 3. The number of ether oxygens (including phenoxy) is 2. The van der Waals surface area contributed by atoms with Gasteiger partial charge in [-0.05, 0) is 35.0 Å². The maximum Gasteiger partial charge on any atom is 0.280 e. The van der Waals surface area contributed by atoms with Gasteiger partial charge in [-0.25, -0.2) is 0 Å². The van der Waals surface area contributed by atoms with Crippen LogP contribution in [-0.2, 0) is 4.79 Å². The molecular weight excluding hydrogens is 374 g/mol. The Balaban J connectivity index is 1.66. The molecule has 1 heterocycles. The van der Waals surface area contributed by atoms with Crippen molar-refractivity contribution in [3.8, 4) is 17.6 Å². The summed E-state index contributed by atoms with van der Waals surface area (Å²) in [5, 5.41) is 25.4. The zero-order valence-electron chi connectivity index (χ0n) is 14.9. The Morgan fingerprint density at radius 2 is 1.83 bits per heavy atom. The van der Waals surface area contributed by atoms with Crippen LogP contribution in [0, 0.1) is 21.4 Å². The summed E-state index contributed by atoms with van der Waals surface area (Å²) >= 11 is 0. The van der Waals surface area contributed by atoms with Gasteiger partial charge >= 0.3 is 0 Å². The Bertz CT molecular complexity index is 1230. The minimum Gasteiger partial charge on any atom is -0.454 e. The highest BCUT2D eigenvalue weighted by Crippen LogP contribution is 2.38. The molecule has 142 valence electrons. The fourth-order valence-corrected chi connectivity index (χ4v) is 2.99. The maximum absolute atomic E-state index is 12.6. The van der Waals surface area contributed by atoms with E-state index in [1.54, 1.807) is 18.2 Å². The molecule has 29 heavy (non-hydrogen) atoms. The smallest absolute Gasteiger partial charge is 0.280 e. The fraction of sp³-hybridized carbons (Fsp3) is 0.0476. The average molecular weight is 387 g/mol. The lowest BCUT2D eigenvalue weighted by Crippen LogP contribution is -2.13. The number of hydrogen-bond acceptors (Lipinski definition) is 6. The van der Waals surface area contributed by atoms with Gasteiger partial charge in [0.2, 0.25) is 6.79 Å². The molecule has 1 amide bonds. The predicted octanol–water partition coefficient (Wildman–Crippen LogP) is 4.02. The van der Waals surface area contributed by atoms with Crippen molar-refractivity contribution in [1.29, 1.82) is 5.26 Å². The van der Waals surface area contributed by atoms with Gasteiger partial charge in [-0.3, -0.25) is 14.9 Å². The maximum atomic E-state index is 12.6. The minimum atomic E-state index is -0.672. The van der Waals surface area contributed by atoms with Crippen molar-refractivity contribution in [3.05, 3.63) is 75.8 Å². The first kappa shape index (κ1) is 18.0. The van der Waals surface area contributed by atoms with Gasteiger partial charge in [0.1, 0.15) is 11.6 Å². The molecule has 0 fully saturated rings. The zero-order chi connectivity index (χ0) is 20.4. The van der Waals surface area contributed by atoms with E-state index in [2.05, 4.69) is 5.32 Å². The van der Waals surface area contributed by atoms with E-state index >= 15 is 0 Å². The van der Waals surface area contributed by atoms with Crippen LogP contribution in [0.3, 0.4) is 0 Å². The Hall–Kier alpha value is -4.38. The van der Waals surface area contributed by atoms with Gasteiger partial charge in [-0.1, -0.05) is 30.3 Å². The number of hydrogen-bond donors (Lipinski definition) is 1. The highest BCUT2D eigenvalue weighted by Gasteiger charge is 2.23. The van der Waals surface area contributed by atoms with Crippen LogP contribution in [-0.4, -0.2) is 17.6 Å². The van der Waals surface area contributed by atoms with E-state index in [0.717, 1.165) is 16.8 Å². The monoisotopic (exact) mass is 387 g/mol. The number of anilines is 1. The fourth-order valence-electron chi connectivity index (χ4n) is 2.99. The minimum absolute atomic E-state index is 0.0484. The molecule has 0 atom stereocenters. The van der Waals surface area contributed by atoms with Crippen LogP contribution in [0.5, 0.6) is 11.5 Å². The van der Waals surface area contributed by atoms with Crippen LogP contribution in [0.15, 0.2) is 60.2 Å². The van der Waals surface area contributed by atoms with Gasteiger partial charge in [0.15, 0.2) is 11.5 Å². The molecule has 0 radical (unpaired) electrons. The summed E-state index contributed by atoms with van der Waals surface area (Å²) < 4.78 is 10.4. The summed E-state index contributed by atoms with van der Waals surface area (Å²) in [6.45, 7) is -0.0484. The second kappa shape index (κ2) is 7.32. The highest BCUT2D eigenvalue weighted by atomic mass is 16.7.